The van der Waals surface area contributed by atoms with Gasteiger partial charge in [0.25, 0.3) is 0 Å². The number of nitrogens with two attached hydrogens (primary N) is 1. The fourth-order valence-electron chi connectivity index (χ4n) is 1.43. The van der Waals surface area contributed by atoms with Crippen molar-refractivity contribution in [3.05, 3.63) is 46.5 Å². The van der Waals surface area contributed by atoms with Gasteiger partial charge >= 0.3 is 0 Å². The number of hydrazine groups is 1. The second-order valence-corrected chi connectivity index (χ2v) is 4.68. The molecule has 0 spiro atoms. The molecule has 3 N–H and O–H groups in total. The van der Waals surface area contributed by atoms with Gasteiger partial charge in [-0.2, -0.15) is 0 Å². The van der Waals surface area contributed by atoms with Crippen molar-refractivity contribution in [2.75, 3.05) is 0 Å². The van der Waals surface area contributed by atoms with Crippen LogP contribution in [0.3, 0.4) is 0 Å². The van der Waals surface area contributed by atoms with Crippen LogP contribution in [-0.4, -0.2) is 0 Å². The van der Waals surface area contributed by atoms with E-state index in [0.29, 0.717) is 0 Å². The van der Waals surface area contributed by atoms with E-state index in [9.17, 15) is 0 Å². The van der Waals surface area contributed by atoms with Crippen molar-refractivity contribution in [2.45, 2.75) is 25.8 Å². The summed E-state index contributed by atoms with van der Waals surface area (Å²) in [5.41, 5.74) is 5.23. The molecule has 2 nitrogen and oxygen atoms in total. The van der Waals surface area contributed by atoms with E-state index in [2.05, 4.69) is 40.1 Å². The van der Waals surface area contributed by atoms with Crippen molar-refractivity contribution in [1.29, 1.82) is 0 Å². The van der Waals surface area contributed by atoms with Crippen LogP contribution in [0.25, 0.3) is 0 Å². The van der Waals surface area contributed by atoms with E-state index < -0.39 is 0 Å². The first-order valence-electron chi connectivity index (χ1n) is 4.99. The molecule has 82 valence electrons. The van der Waals surface area contributed by atoms with E-state index in [1.54, 1.807) is 0 Å². The second-order valence-electron chi connectivity index (χ2n) is 3.77. The molecule has 0 amide bonds. The van der Waals surface area contributed by atoms with E-state index in [1.807, 2.05) is 19.1 Å². The van der Waals surface area contributed by atoms with Crippen LogP contribution in [-0.2, 0) is 0 Å². The number of hydrogen-bond acceptors (Lipinski definition) is 2. The molecule has 0 fully saturated rings. The highest BCUT2D eigenvalue weighted by atomic mass is 79.9. The van der Waals surface area contributed by atoms with Gasteiger partial charge in [-0.25, -0.2) is 0 Å². The molecule has 1 aromatic rings. The van der Waals surface area contributed by atoms with E-state index in [1.165, 1.54) is 11.1 Å². The van der Waals surface area contributed by atoms with E-state index in [0.717, 1.165) is 17.3 Å². The van der Waals surface area contributed by atoms with Crippen LogP contribution in [0, 0.1) is 0 Å². The number of halogens is 1. The molecule has 0 radical (unpaired) electrons. The van der Waals surface area contributed by atoms with Gasteiger partial charge in [0, 0.05) is 10.5 Å². The third-order valence-corrected chi connectivity index (χ3v) is 2.86. The Morgan fingerprint density at radius 3 is 2.53 bits per heavy atom. The van der Waals surface area contributed by atoms with Gasteiger partial charge in [0.1, 0.15) is 0 Å². The Kier molecular flexibility index (Phi) is 5.02. The highest BCUT2D eigenvalue weighted by molar-refractivity contribution is 9.10. The van der Waals surface area contributed by atoms with Crippen molar-refractivity contribution < 1.29 is 0 Å². The van der Waals surface area contributed by atoms with Crippen molar-refractivity contribution >= 4 is 15.9 Å². The van der Waals surface area contributed by atoms with Crippen molar-refractivity contribution in [2.24, 2.45) is 5.84 Å². The summed E-state index contributed by atoms with van der Waals surface area (Å²) < 4.78 is 1.09. The van der Waals surface area contributed by atoms with Crippen molar-refractivity contribution in [3.63, 3.8) is 0 Å². The predicted molar refractivity (Wildman–Crippen MR) is 68.3 cm³/mol. The predicted octanol–water partition coefficient (Wildman–Crippen LogP) is 3.31. The molecule has 1 aromatic carbocycles. The van der Waals surface area contributed by atoms with Gasteiger partial charge in [0.2, 0.25) is 0 Å². The van der Waals surface area contributed by atoms with Crippen molar-refractivity contribution in [1.82, 2.24) is 5.43 Å². The fourth-order valence-corrected chi connectivity index (χ4v) is 1.70. The Morgan fingerprint density at radius 1 is 1.47 bits per heavy atom. The fraction of sp³-hybridized carbons (Fsp3) is 0.333. The average Bonchev–Trinajstić information content (AvgIpc) is 2.21. The number of nitrogens with one attached hydrogen (secondary N) is 1. The zero-order chi connectivity index (χ0) is 11.3. The minimum Gasteiger partial charge on any atom is -0.271 e. The first kappa shape index (κ1) is 12.4. The van der Waals surface area contributed by atoms with Gasteiger partial charge in [-0.15, -0.1) is 6.58 Å². The summed E-state index contributed by atoms with van der Waals surface area (Å²) in [7, 11) is 0. The molecule has 3 heteroatoms. The van der Waals surface area contributed by atoms with Gasteiger partial charge in [0.05, 0.1) is 0 Å². The SMILES string of the molecule is C=C(C)CCC(NN)c1ccc(Br)cc1. The van der Waals surface area contributed by atoms with Crippen LogP contribution in [0.15, 0.2) is 40.9 Å². The van der Waals surface area contributed by atoms with Gasteiger partial charge in [-0.3, -0.25) is 11.3 Å². The summed E-state index contributed by atoms with van der Waals surface area (Å²) in [5, 5.41) is 0. The lowest BCUT2D eigenvalue weighted by Crippen LogP contribution is -2.27. The molecule has 1 atom stereocenters. The first-order chi connectivity index (χ1) is 7.13. The molecule has 0 aliphatic carbocycles. The standard InChI is InChI=1S/C12H17BrN2/c1-9(2)3-8-12(15-14)10-4-6-11(13)7-5-10/h4-7,12,15H,1,3,8,14H2,2H3. The first-order valence-corrected chi connectivity index (χ1v) is 5.78. The maximum Gasteiger partial charge on any atom is 0.0463 e. The lowest BCUT2D eigenvalue weighted by molar-refractivity contribution is 0.515. The van der Waals surface area contributed by atoms with E-state index >= 15 is 0 Å². The zero-order valence-electron chi connectivity index (χ0n) is 8.96. The molecule has 1 unspecified atom stereocenters. The van der Waals surface area contributed by atoms with Crippen LogP contribution >= 0.6 is 15.9 Å². The molecule has 0 saturated carbocycles. The molecule has 0 bridgehead atoms. The van der Waals surface area contributed by atoms with Gasteiger partial charge in [0.15, 0.2) is 0 Å². The minimum atomic E-state index is 0.204. The summed E-state index contributed by atoms with van der Waals surface area (Å²) in [4.78, 5) is 0. The molecule has 1 rings (SSSR count). The topological polar surface area (TPSA) is 38.0 Å². The Bertz CT molecular complexity index is 319. The maximum absolute atomic E-state index is 5.54. The summed E-state index contributed by atoms with van der Waals surface area (Å²) in [6, 6.07) is 8.41. The summed E-state index contributed by atoms with van der Waals surface area (Å²) >= 11 is 3.41. The van der Waals surface area contributed by atoms with Crippen LogP contribution < -0.4 is 11.3 Å². The smallest absolute Gasteiger partial charge is 0.0463 e. The average molecular weight is 269 g/mol. The summed E-state index contributed by atoms with van der Waals surface area (Å²) in [6.07, 6.45) is 1.97. The van der Waals surface area contributed by atoms with Crippen molar-refractivity contribution in [3.8, 4) is 0 Å². The van der Waals surface area contributed by atoms with Gasteiger partial charge in [-0.1, -0.05) is 33.6 Å². The lowest BCUT2D eigenvalue weighted by Gasteiger charge is -2.16. The lowest BCUT2D eigenvalue weighted by atomic mass is 10.0. The molecule has 0 saturated heterocycles. The Labute approximate surface area is 99.7 Å². The minimum absolute atomic E-state index is 0.204. The Balaban J connectivity index is 2.65. The van der Waals surface area contributed by atoms with Crippen LogP contribution in [0.1, 0.15) is 31.4 Å². The third-order valence-electron chi connectivity index (χ3n) is 2.33. The highest BCUT2D eigenvalue weighted by Gasteiger charge is 2.08. The number of hydrogen-bond donors (Lipinski definition) is 2. The monoisotopic (exact) mass is 268 g/mol. The van der Waals surface area contributed by atoms with E-state index in [-0.39, 0.29) is 6.04 Å². The largest absolute Gasteiger partial charge is 0.271 e. The van der Waals surface area contributed by atoms with Crippen LogP contribution in [0.2, 0.25) is 0 Å². The molecule has 15 heavy (non-hydrogen) atoms. The molecule has 0 aliphatic rings. The van der Waals surface area contributed by atoms with Crippen LogP contribution in [0.4, 0.5) is 0 Å². The number of allylic oxidation sites excluding steroid dienone is 1. The van der Waals surface area contributed by atoms with E-state index in [4.69, 9.17) is 5.84 Å². The molecule has 0 heterocycles. The normalized spacial score (nSPS) is 12.5. The van der Waals surface area contributed by atoms with Gasteiger partial charge in [-0.05, 0) is 37.5 Å². The number of benzene rings is 1. The third kappa shape index (κ3) is 4.16. The molecule has 0 aromatic heterocycles. The number of rotatable bonds is 5. The maximum atomic E-state index is 5.54. The quantitative estimate of drug-likeness (QED) is 0.489. The van der Waals surface area contributed by atoms with Gasteiger partial charge < -0.3 is 0 Å². The summed E-state index contributed by atoms with van der Waals surface area (Å²) in [5.74, 6) is 5.54. The molecular weight excluding hydrogens is 252 g/mol. The highest BCUT2D eigenvalue weighted by Crippen LogP contribution is 2.21. The Hall–Kier alpha value is -0.640. The summed E-state index contributed by atoms with van der Waals surface area (Å²) in [6.45, 7) is 5.93. The molecular formula is C12H17BrN2. The zero-order valence-corrected chi connectivity index (χ0v) is 10.5. The Morgan fingerprint density at radius 2 is 2.07 bits per heavy atom. The second kappa shape index (κ2) is 6.05. The molecule has 0 aliphatic heterocycles. The van der Waals surface area contributed by atoms with Crippen LogP contribution in [0.5, 0.6) is 0 Å².